The Labute approximate surface area is 199 Å². The normalized spacial score (nSPS) is 12.9. The molecule has 0 saturated heterocycles. The highest BCUT2D eigenvalue weighted by atomic mass is 16.6. The number of nitrogens with two attached hydrogens (primary N) is 1. The average molecular weight is 473 g/mol. The minimum atomic E-state index is -1.31. The van der Waals surface area contributed by atoms with E-state index >= 15 is 0 Å². The van der Waals surface area contributed by atoms with Crippen molar-refractivity contribution in [3.8, 4) is 0 Å². The van der Waals surface area contributed by atoms with Crippen LogP contribution < -0.4 is 5.73 Å². The van der Waals surface area contributed by atoms with Crippen LogP contribution in [0.15, 0.2) is 60.7 Å². The van der Waals surface area contributed by atoms with Gasteiger partial charge >= 0.3 is 18.2 Å². The van der Waals surface area contributed by atoms with Gasteiger partial charge in [0.1, 0.15) is 24.9 Å². The van der Waals surface area contributed by atoms with Crippen molar-refractivity contribution in [2.45, 2.75) is 58.2 Å². The average Bonchev–Trinajstić information content (AvgIpc) is 2.79. The van der Waals surface area contributed by atoms with Crippen molar-refractivity contribution in [3.05, 3.63) is 71.8 Å². The molecular weight excluding hydrogens is 440 g/mol. The van der Waals surface area contributed by atoms with Crippen LogP contribution in [-0.2, 0) is 32.2 Å². The summed E-state index contributed by atoms with van der Waals surface area (Å²) in [5, 5.41) is 10.5. The number of hydrogen-bond acceptors (Lipinski definition) is 8. The molecular formula is C25H32N2O7. The van der Waals surface area contributed by atoms with Crippen LogP contribution in [0.2, 0.25) is 0 Å². The number of carbonyl (C=O) groups is 3. The number of nitrogens with zero attached hydrogens (tertiary/aromatic N) is 1. The Hall–Kier alpha value is -3.43. The number of benzene rings is 2. The molecule has 0 unspecified atom stereocenters. The van der Waals surface area contributed by atoms with Gasteiger partial charge in [0.05, 0.1) is 12.6 Å². The van der Waals surface area contributed by atoms with E-state index in [1.807, 2.05) is 12.1 Å². The van der Waals surface area contributed by atoms with Crippen LogP contribution in [0.25, 0.3) is 0 Å². The standard InChI is InChI=1S/C25H32N2O7/c1-25(2,3)34-22(29)21(26)14-20(28)15-27(23(30)32-16-18-10-6-4-7-11-18)24(31)33-17-19-12-8-5-9-13-19/h4-13,20-21,28H,14-17,26H2,1-3H3/t20-,21+/m1/s1. The number of hydrogen-bond donors (Lipinski definition) is 2. The van der Waals surface area contributed by atoms with E-state index in [1.165, 1.54) is 0 Å². The number of imide groups is 1. The van der Waals surface area contributed by atoms with Gasteiger partial charge in [-0.2, -0.15) is 0 Å². The van der Waals surface area contributed by atoms with Gasteiger partial charge in [-0.15, -0.1) is 0 Å². The maximum atomic E-state index is 12.7. The molecule has 0 heterocycles. The van der Waals surface area contributed by atoms with Crippen molar-refractivity contribution in [2.24, 2.45) is 5.73 Å². The van der Waals surface area contributed by atoms with Gasteiger partial charge in [0, 0.05) is 6.42 Å². The molecule has 0 aliphatic heterocycles. The van der Waals surface area contributed by atoms with E-state index in [4.69, 9.17) is 19.9 Å². The summed E-state index contributed by atoms with van der Waals surface area (Å²) in [6.45, 7) is 4.47. The van der Waals surface area contributed by atoms with Crippen LogP contribution in [0.1, 0.15) is 38.3 Å². The summed E-state index contributed by atoms with van der Waals surface area (Å²) in [5.74, 6) is -0.698. The van der Waals surface area contributed by atoms with Gasteiger partial charge in [0.2, 0.25) is 0 Å². The quantitative estimate of drug-likeness (QED) is 0.420. The Balaban J connectivity index is 2.03. The number of ether oxygens (including phenoxy) is 3. The molecule has 2 rings (SSSR count). The van der Waals surface area contributed by atoms with E-state index in [1.54, 1.807) is 69.3 Å². The molecule has 3 N–H and O–H groups in total. The number of amides is 2. The number of carbonyl (C=O) groups excluding carboxylic acids is 3. The Kier molecular flexibility index (Phi) is 10.0. The molecule has 0 spiro atoms. The Bertz CT molecular complexity index is 874. The highest BCUT2D eigenvalue weighted by Gasteiger charge is 2.30. The van der Waals surface area contributed by atoms with Crippen molar-refractivity contribution in [1.82, 2.24) is 4.90 Å². The molecule has 0 radical (unpaired) electrons. The molecule has 0 fully saturated rings. The first-order chi connectivity index (χ1) is 16.0. The molecule has 2 atom stereocenters. The van der Waals surface area contributed by atoms with Crippen molar-refractivity contribution in [2.75, 3.05) is 6.54 Å². The molecule has 0 aliphatic rings. The van der Waals surface area contributed by atoms with Gasteiger partial charge < -0.3 is 25.1 Å². The highest BCUT2D eigenvalue weighted by Crippen LogP contribution is 2.12. The lowest BCUT2D eigenvalue weighted by atomic mass is 10.1. The maximum absolute atomic E-state index is 12.7. The van der Waals surface area contributed by atoms with Crippen molar-refractivity contribution < 1.29 is 33.7 Å². The van der Waals surface area contributed by atoms with E-state index in [0.717, 1.165) is 11.1 Å². The van der Waals surface area contributed by atoms with Crippen LogP contribution >= 0.6 is 0 Å². The number of esters is 1. The van der Waals surface area contributed by atoms with Gasteiger partial charge in [-0.25, -0.2) is 14.5 Å². The summed E-state index contributed by atoms with van der Waals surface area (Å²) >= 11 is 0. The summed E-state index contributed by atoms with van der Waals surface area (Å²) in [7, 11) is 0. The molecule has 2 aromatic rings. The van der Waals surface area contributed by atoms with Crippen LogP contribution in [-0.4, -0.2) is 52.5 Å². The third kappa shape index (κ3) is 9.60. The molecule has 9 heteroatoms. The molecule has 0 aromatic heterocycles. The first-order valence-electron chi connectivity index (χ1n) is 10.9. The Morgan fingerprint density at radius 3 is 1.74 bits per heavy atom. The molecule has 184 valence electrons. The first-order valence-corrected chi connectivity index (χ1v) is 10.9. The molecule has 0 bridgehead atoms. The van der Waals surface area contributed by atoms with Crippen LogP contribution in [0.3, 0.4) is 0 Å². The Morgan fingerprint density at radius 2 is 1.32 bits per heavy atom. The van der Waals surface area contributed by atoms with Gasteiger partial charge in [-0.05, 0) is 31.9 Å². The summed E-state index contributed by atoms with van der Waals surface area (Å²) in [4.78, 5) is 38.1. The van der Waals surface area contributed by atoms with E-state index in [9.17, 15) is 19.5 Å². The summed E-state index contributed by atoms with van der Waals surface area (Å²) < 4.78 is 15.7. The third-order valence-electron chi connectivity index (χ3n) is 4.48. The largest absolute Gasteiger partial charge is 0.459 e. The smallest absolute Gasteiger partial charge is 0.419 e. The van der Waals surface area contributed by atoms with Gasteiger partial charge in [-0.1, -0.05) is 60.7 Å². The van der Waals surface area contributed by atoms with Crippen LogP contribution in [0.5, 0.6) is 0 Å². The third-order valence-corrected chi connectivity index (χ3v) is 4.48. The molecule has 0 saturated carbocycles. The molecule has 2 amide bonds. The summed E-state index contributed by atoms with van der Waals surface area (Å²) in [6.07, 6.45) is -3.53. The second kappa shape index (κ2) is 12.7. The van der Waals surface area contributed by atoms with Gasteiger partial charge in [0.15, 0.2) is 0 Å². The Morgan fingerprint density at radius 1 is 0.882 bits per heavy atom. The second-order valence-electron chi connectivity index (χ2n) is 8.72. The SMILES string of the molecule is CC(C)(C)OC(=O)[C@@H](N)C[C@@H](O)CN(C(=O)OCc1ccccc1)C(=O)OCc1ccccc1. The maximum Gasteiger partial charge on any atom is 0.419 e. The van der Waals surface area contributed by atoms with Crippen molar-refractivity contribution in [3.63, 3.8) is 0 Å². The fraction of sp³-hybridized carbons (Fsp3) is 0.400. The molecule has 34 heavy (non-hydrogen) atoms. The zero-order valence-electron chi connectivity index (χ0n) is 19.7. The van der Waals surface area contributed by atoms with Crippen LogP contribution in [0, 0.1) is 0 Å². The lowest BCUT2D eigenvalue weighted by Crippen LogP contribution is -2.46. The van der Waals surface area contributed by atoms with E-state index in [2.05, 4.69) is 0 Å². The molecule has 2 aromatic carbocycles. The fourth-order valence-electron chi connectivity index (χ4n) is 2.87. The van der Waals surface area contributed by atoms with E-state index in [-0.39, 0.29) is 19.6 Å². The topological polar surface area (TPSA) is 128 Å². The number of rotatable bonds is 9. The lowest BCUT2D eigenvalue weighted by Gasteiger charge is -2.25. The van der Waals surface area contributed by atoms with Crippen molar-refractivity contribution in [1.29, 1.82) is 0 Å². The summed E-state index contributed by atoms with van der Waals surface area (Å²) in [6, 6.07) is 16.7. The van der Waals surface area contributed by atoms with Gasteiger partial charge in [-0.3, -0.25) is 4.79 Å². The van der Waals surface area contributed by atoms with Crippen LogP contribution in [0.4, 0.5) is 9.59 Å². The molecule has 0 aliphatic carbocycles. The number of aliphatic hydroxyl groups is 1. The van der Waals surface area contributed by atoms with E-state index < -0.39 is 42.4 Å². The minimum absolute atomic E-state index is 0.0738. The van der Waals surface area contributed by atoms with Gasteiger partial charge in [0.25, 0.3) is 0 Å². The zero-order chi connectivity index (χ0) is 25.1. The van der Waals surface area contributed by atoms with Crippen molar-refractivity contribution >= 4 is 18.2 Å². The lowest BCUT2D eigenvalue weighted by molar-refractivity contribution is -0.157. The second-order valence-corrected chi connectivity index (χ2v) is 8.72. The molecule has 9 nitrogen and oxygen atoms in total. The monoisotopic (exact) mass is 472 g/mol. The predicted molar refractivity (Wildman–Crippen MR) is 124 cm³/mol. The number of aliphatic hydroxyl groups excluding tert-OH is 1. The highest BCUT2D eigenvalue weighted by molar-refractivity contribution is 5.87. The zero-order valence-corrected chi connectivity index (χ0v) is 19.7. The minimum Gasteiger partial charge on any atom is -0.459 e. The van der Waals surface area contributed by atoms with E-state index in [0.29, 0.717) is 4.90 Å². The summed E-state index contributed by atoms with van der Waals surface area (Å²) in [5.41, 5.74) is 6.54. The predicted octanol–water partition coefficient (Wildman–Crippen LogP) is 3.38. The fourth-order valence-corrected chi connectivity index (χ4v) is 2.87. The first kappa shape index (κ1) is 26.8.